The number of allylic oxidation sites excluding steroid dienone is 2. The molecule has 0 N–H and O–H groups in total. The number of hydrogen-bond donors (Lipinski definition) is 0. The summed E-state index contributed by atoms with van der Waals surface area (Å²) < 4.78 is 0. The van der Waals surface area contributed by atoms with Crippen molar-refractivity contribution in [2.24, 2.45) is 0 Å². The molecule has 0 aromatic rings. The third-order valence-electron chi connectivity index (χ3n) is 3.34. The van der Waals surface area contributed by atoms with E-state index < -0.39 is 7.38 Å². The molecule has 0 aliphatic rings. The summed E-state index contributed by atoms with van der Waals surface area (Å²) in [7, 11) is -1.73. The van der Waals surface area contributed by atoms with Gasteiger partial charge in [-0.05, 0) is 32.2 Å². The highest BCUT2D eigenvalue weighted by molar-refractivity contribution is 7.25. The van der Waals surface area contributed by atoms with E-state index in [9.17, 15) is 0 Å². The molecule has 0 saturated carbocycles. The van der Waals surface area contributed by atoms with Gasteiger partial charge in [-0.2, -0.15) is 11.1 Å². The van der Waals surface area contributed by atoms with Crippen molar-refractivity contribution < 1.29 is 0 Å². The third-order valence-corrected chi connectivity index (χ3v) is 5.87. The van der Waals surface area contributed by atoms with Crippen molar-refractivity contribution in [3.05, 3.63) is 23.6 Å². The topological polar surface area (TPSA) is 0 Å². The fourth-order valence-electron chi connectivity index (χ4n) is 2.06. The van der Waals surface area contributed by atoms with Crippen molar-refractivity contribution in [3.8, 4) is 0 Å². The van der Waals surface area contributed by atoms with E-state index in [4.69, 9.17) is 11.1 Å². The van der Waals surface area contributed by atoms with E-state index in [-0.39, 0.29) is 0 Å². The summed E-state index contributed by atoms with van der Waals surface area (Å²) in [5.41, 5.74) is 4.56. The molecule has 0 heterocycles. The molecule has 0 unspecified atom stereocenters. The van der Waals surface area contributed by atoms with Gasteiger partial charge >= 0.3 is 0 Å². The Morgan fingerprint density at radius 1 is 0.737 bits per heavy atom. The molecule has 0 aliphatic carbocycles. The molecule has 0 bridgehead atoms. The number of unbranched alkanes of at least 4 members (excludes halogenated alkanes) is 8. The maximum absolute atomic E-state index is 6.58. The second-order valence-corrected chi connectivity index (χ2v) is 11.1. The van der Waals surface area contributed by atoms with Crippen LogP contribution in [-0.4, -0.2) is 7.38 Å². The smallest absolute Gasteiger partial charge is 0.156 e. The van der Waals surface area contributed by atoms with Gasteiger partial charge in [-0.1, -0.05) is 75.9 Å². The number of hydrogen-bond acceptors (Lipinski definition) is 0. The van der Waals surface area contributed by atoms with Gasteiger partial charge in [0, 0.05) is 0 Å². The molecule has 0 radical (unpaired) electrons. The summed E-state index contributed by atoms with van der Waals surface area (Å²) in [6.45, 7) is 6.72. The average molecular weight is 301 g/mol. The highest BCUT2D eigenvalue weighted by Crippen LogP contribution is 2.15. The lowest BCUT2D eigenvalue weighted by Gasteiger charge is -2.08. The Balaban J connectivity index is 3.70. The minimum absolute atomic E-state index is 1.19. The van der Waals surface area contributed by atoms with Crippen LogP contribution >= 0.6 is 11.1 Å². The molecule has 0 nitrogen and oxygen atoms in total. The largest absolute Gasteiger partial charge is 0.199 e. The van der Waals surface area contributed by atoms with Gasteiger partial charge in [0.15, 0.2) is 7.38 Å². The standard InChI is InChI=1S/C17H33ClSi/c1-4-6-8-10-12-14-16-19(3,18)17-15-13-11-9-7-5-2/h14-17H,4-13H2,1-3H3. The van der Waals surface area contributed by atoms with Crippen LogP contribution in [0, 0.1) is 0 Å². The summed E-state index contributed by atoms with van der Waals surface area (Å²) in [6.07, 6.45) is 17.7. The van der Waals surface area contributed by atoms with Crippen molar-refractivity contribution in [3.63, 3.8) is 0 Å². The maximum atomic E-state index is 6.58. The van der Waals surface area contributed by atoms with Gasteiger partial charge in [0.2, 0.25) is 0 Å². The minimum Gasteiger partial charge on any atom is -0.156 e. The van der Waals surface area contributed by atoms with Crippen molar-refractivity contribution >= 4 is 18.5 Å². The predicted octanol–water partition coefficient (Wildman–Crippen LogP) is 6.93. The van der Waals surface area contributed by atoms with Gasteiger partial charge in [-0.3, -0.25) is 0 Å². The fraction of sp³-hybridized carbons (Fsp3) is 0.765. The summed E-state index contributed by atoms with van der Waals surface area (Å²) in [6, 6.07) is 0. The Morgan fingerprint density at radius 3 is 1.53 bits per heavy atom. The Labute approximate surface area is 127 Å². The molecule has 0 spiro atoms. The Bertz CT molecular complexity index is 220. The molecule has 0 amide bonds. The Hall–Kier alpha value is -0.0131. The van der Waals surface area contributed by atoms with Gasteiger partial charge in [0.05, 0.1) is 0 Å². The zero-order valence-electron chi connectivity index (χ0n) is 13.3. The predicted molar refractivity (Wildman–Crippen MR) is 93.3 cm³/mol. The van der Waals surface area contributed by atoms with E-state index in [1.54, 1.807) is 0 Å². The Kier molecular flexibility index (Phi) is 13.0. The molecule has 19 heavy (non-hydrogen) atoms. The lowest BCUT2D eigenvalue weighted by atomic mass is 10.2. The first-order valence-electron chi connectivity index (χ1n) is 8.16. The second kappa shape index (κ2) is 13.0. The molecule has 112 valence electrons. The molecular weight excluding hydrogens is 268 g/mol. The summed E-state index contributed by atoms with van der Waals surface area (Å²) in [4.78, 5) is 0. The monoisotopic (exact) mass is 300 g/mol. The number of halogens is 1. The zero-order valence-corrected chi connectivity index (χ0v) is 15.0. The average Bonchev–Trinajstić information content (AvgIpc) is 2.38. The van der Waals surface area contributed by atoms with Gasteiger partial charge in [0.25, 0.3) is 0 Å². The van der Waals surface area contributed by atoms with Crippen molar-refractivity contribution in [1.29, 1.82) is 0 Å². The summed E-state index contributed by atoms with van der Waals surface area (Å²) in [5, 5.41) is 0. The van der Waals surface area contributed by atoms with Crippen LogP contribution in [0.3, 0.4) is 0 Å². The van der Waals surface area contributed by atoms with Gasteiger partial charge < -0.3 is 0 Å². The first kappa shape index (κ1) is 19.0. The van der Waals surface area contributed by atoms with Crippen LogP contribution in [0.5, 0.6) is 0 Å². The molecule has 0 aromatic heterocycles. The van der Waals surface area contributed by atoms with Crippen LogP contribution in [0.4, 0.5) is 0 Å². The molecule has 0 rings (SSSR count). The second-order valence-electron chi connectivity index (χ2n) is 5.65. The van der Waals surface area contributed by atoms with Crippen LogP contribution < -0.4 is 0 Å². The Morgan fingerprint density at radius 2 is 1.16 bits per heavy atom. The maximum Gasteiger partial charge on any atom is 0.199 e. The normalized spacial score (nSPS) is 15.4. The van der Waals surface area contributed by atoms with Crippen LogP contribution in [0.1, 0.15) is 78.1 Å². The van der Waals surface area contributed by atoms with Gasteiger partial charge in [0.1, 0.15) is 0 Å². The van der Waals surface area contributed by atoms with Crippen molar-refractivity contribution in [2.45, 2.75) is 84.6 Å². The highest BCUT2D eigenvalue weighted by Gasteiger charge is 2.15. The molecule has 0 atom stereocenters. The molecule has 0 fully saturated rings. The summed E-state index contributed by atoms with van der Waals surface area (Å²) in [5.74, 6) is 0. The van der Waals surface area contributed by atoms with Crippen molar-refractivity contribution in [1.82, 2.24) is 0 Å². The SMILES string of the molecule is CCCCCCC=C[Si](C)(Cl)C=CCCCCCC. The van der Waals surface area contributed by atoms with E-state index in [1.807, 2.05) is 0 Å². The van der Waals surface area contributed by atoms with Crippen LogP contribution in [0.25, 0.3) is 0 Å². The number of rotatable bonds is 12. The quantitative estimate of drug-likeness (QED) is 0.208. The summed E-state index contributed by atoms with van der Waals surface area (Å²) >= 11 is 6.58. The van der Waals surface area contributed by atoms with Gasteiger partial charge in [-0.25, -0.2) is 0 Å². The lowest BCUT2D eigenvalue weighted by molar-refractivity contribution is 0.674. The van der Waals surface area contributed by atoms with Crippen LogP contribution in [0.15, 0.2) is 23.6 Å². The molecule has 0 aromatic carbocycles. The van der Waals surface area contributed by atoms with Crippen LogP contribution in [0.2, 0.25) is 6.55 Å². The molecule has 2 heteroatoms. The zero-order chi connectivity index (χ0) is 14.4. The first-order chi connectivity index (χ1) is 9.12. The van der Waals surface area contributed by atoms with E-state index >= 15 is 0 Å². The third kappa shape index (κ3) is 14.2. The van der Waals surface area contributed by atoms with E-state index in [0.29, 0.717) is 0 Å². The lowest BCUT2D eigenvalue weighted by Crippen LogP contribution is -2.15. The van der Waals surface area contributed by atoms with E-state index in [1.165, 1.54) is 64.2 Å². The van der Waals surface area contributed by atoms with E-state index in [2.05, 4.69) is 43.9 Å². The molecular formula is C17H33ClSi. The fourth-order valence-corrected chi connectivity index (χ4v) is 3.96. The van der Waals surface area contributed by atoms with E-state index in [0.717, 1.165) is 0 Å². The highest BCUT2D eigenvalue weighted by atomic mass is 35.6. The van der Waals surface area contributed by atoms with Gasteiger partial charge in [-0.15, -0.1) is 0 Å². The minimum atomic E-state index is -1.73. The molecule has 0 aliphatic heterocycles. The van der Waals surface area contributed by atoms with Crippen molar-refractivity contribution in [2.75, 3.05) is 0 Å². The molecule has 0 saturated heterocycles. The first-order valence-corrected chi connectivity index (χ1v) is 11.8. The van der Waals surface area contributed by atoms with Crippen LogP contribution in [-0.2, 0) is 0 Å².